The van der Waals surface area contributed by atoms with Crippen molar-refractivity contribution >= 4 is 0 Å². The van der Waals surface area contributed by atoms with Crippen LogP contribution in [0.3, 0.4) is 0 Å². The fraction of sp³-hybridized carbons (Fsp3) is 0.647. The van der Waals surface area contributed by atoms with E-state index in [2.05, 4.69) is 6.92 Å². The summed E-state index contributed by atoms with van der Waals surface area (Å²) in [4.78, 5) is 0. The van der Waals surface area contributed by atoms with Crippen LogP contribution in [0.5, 0.6) is 0 Å². The molecule has 1 unspecified atom stereocenters. The van der Waals surface area contributed by atoms with Crippen LogP contribution < -0.4 is 0 Å². The molecule has 0 heterocycles. The molecule has 0 amide bonds. The van der Waals surface area contributed by atoms with Gasteiger partial charge in [-0.2, -0.15) is 0 Å². The number of benzene rings is 1. The summed E-state index contributed by atoms with van der Waals surface area (Å²) < 4.78 is 5.95. The van der Waals surface area contributed by atoms with Gasteiger partial charge in [0.1, 0.15) is 0 Å². The lowest BCUT2D eigenvalue weighted by Crippen LogP contribution is -2.41. The van der Waals surface area contributed by atoms with Crippen LogP contribution in [0.25, 0.3) is 0 Å². The van der Waals surface area contributed by atoms with Crippen LogP contribution in [0.2, 0.25) is 0 Å². The van der Waals surface area contributed by atoms with Crippen molar-refractivity contribution in [3.63, 3.8) is 0 Å². The van der Waals surface area contributed by atoms with Crippen LogP contribution in [-0.2, 0) is 11.3 Å². The van der Waals surface area contributed by atoms with Gasteiger partial charge in [-0.15, -0.1) is 0 Å². The lowest BCUT2D eigenvalue weighted by atomic mass is 9.81. The van der Waals surface area contributed by atoms with E-state index in [-0.39, 0.29) is 0 Å². The van der Waals surface area contributed by atoms with Gasteiger partial charge in [0.2, 0.25) is 0 Å². The highest BCUT2D eigenvalue weighted by Gasteiger charge is 2.37. The highest BCUT2D eigenvalue weighted by molar-refractivity contribution is 5.13. The van der Waals surface area contributed by atoms with Crippen molar-refractivity contribution in [2.45, 2.75) is 64.3 Å². The first-order valence-corrected chi connectivity index (χ1v) is 7.65. The molecule has 0 spiro atoms. The highest BCUT2D eigenvalue weighted by atomic mass is 16.6. The van der Waals surface area contributed by atoms with Gasteiger partial charge in [0.25, 0.3) is 0 Å². The topological polar surface area (TPSA) is 29.5 Å². The lowest BCUT2D eigenvalue weighted by molar-refractivity contribution is -0.253. The Morgan fingerprint density at radius 1 is 1.16 bits per heavy atom. The molecule has 1 aliphatic carbocycles. The fourth-order valence-corrected chi connectivity index (χ4v) is 3.09. The Kier molecular flexibility index (Phi) is 5.41. The summed E-state index contributed by atoms with van der Waals surface area (Å²) in [6.07, 6.45) is 7.66. The minimum Gasteiger partial charge on any atom is -0.365 e. The molecule has 106 valence electrons. The first kappa shape index (κ1) is 14.5. The smallest absolute Gasteiger partial charge is 0.168 e. The summed E-state index contributed by atoms with van der Waals surface area (Å²) >= 11 is 0. The maximum Gasteiger partial charge on any atom is 0.168 e. The molecule has 0 radical (unpaired) electrons. The van der Waals surface area contributed by atoms with E-state index in [1.807, 2.05) is 30.3 Å². The molecule has 0 bridgehead atoms. The summed E-state index contributed by atoms with van der Waals surface area (Å²) in [5.41, 5.74) is 1.13. The summed E-state index contributed by atoms with van der Waals surface area (Å²) in [6.45, 7) is 2.62. The van der Waals surface area contributed by atoms with Gasteiger partial charge in [-0.3, -0.25) is 0 Å². The zero-order valence-corrected chi connectivity index (χ0v) is 12.0. The second kappa shape index (κ2) is 7.06. The molecule has 1 atom stereocenters. The average Bonchev–Trinajstić information content (AvgIpc) is 2.48. The van der Waals surface area contributed by atoms with Crippen LogP contribution in [0.1, 0.15) is 57.4 Å². The summed E-state index contributed by atoms with van der Waals surface area (Å²) in [5.74, 6) is -0.615. The van der Waals surface area contributed by atoms with Crippen LogP contribution >= 0.6 is 0 Å². The van der Waals surface area contributed by atoms with E-state index in [1.54, 1.807) is 0 Å². The molecule has 1 saturated carbocycles. The third kappa shape index (κ3) is 4.05. The Bertz CT molecular complexity index is 357. The second-order valence-electron chi connectivity index (χ2n) is 5.70. The number of aliphatic hydroxyl groups is 1. The molecule has 2 rings (SSSR count). The minimum absolute atomic E-state index is 0.310. The second-order valence-corrected chi connectivity index (χ2v) is 5.70. The molecular weight excluding hydrogens is 236 g/mol. The van der Waals surface area contributed by atoms with E-state index in [0.717, 1.165) is 31.2 Å². The maximum atomic E-state index is 10.9. The zero-order chi connectivity index (χ0) is 13.6. The molecule has 0 aromatic heterocycles. The van der Waals surface area contributed by atoms with Crippen molar-refractivity contribution in [3.8, 4) is 0 Å². The third-order valence-electron chi connectivity index (χ3n) is 4.18. The number of hydrogen-bond acceptors (Lipinski definition) is 2. The molecule has 1 aromatic rings. The van der Waals surface area contributed by atoms with Crippen molar-refractivity contribution < 1.29 is 9.84 Å². The van der Waals surface area contributed by atoms with Gasteiger partial charge in [0.05, 0.1) is 6.61 Å². The number of ether oxygens (including phenoxy) is 1. The van der Waals surface area contributed by atoms with Crippen LogP contribution in [0, 0.1) is 5.92 Å². The molecule has 19 heavy (non-hydrogen) atoms. The Balaban J connectivity index is 1.97. The van der Waals surface area contributed by atoms with Crippen LogP contribution in [-0.4, -0.2) is 10.9 Å². The minimum atomic E-state index is -0.926. The maximum absolute atomic E-state index is 10.9. The van der Waals surface area contributed by atoms with Gasteiger partial charge in [0.15, 0.2) is 5.79 Å². The largest absolute Gasteiger partial charge is 0.365 e. The molecule has 0 saturated heterocycles. The van der Waals surface area contributed by atoms with Crippen LogP contribution in [0.15, 0.2) is 30.3 Å². The summed E-state index contributed by atoms with van der Waals surface area (Å²) in [7, 11) is 0. The standard InChI is InChI=1S/C17H26O2/c1-2-13-17(18,16-11-7-4-8-12-16)19-14-15-9-5-3-6-10-15/h3,5-6,9-10,16,18H,2,4,7-8,11-14H2,1H3. The number of hydrogen-bond donors (Lipinski definition) is 1. The normalized spacial score (nSPS) is 20.1. The van der Waals surface area contributed by atoms with E-state index in [0.29, 0.717) is 12.5 Å². The van der Waals surface area contributed by atoms with Gasteiger partial charge in [-0.25, -0.2) is 0 Å². The molecule has 1 N–H and O–H groups in total. The van der Waals surface area contributed by atoms with E-state index in [4.69, 9.17) is 4.74 Å². The molecular formula is C17H26O2. The first-order valence-electron chi connectivity index (χ1n) is 7.65. The zero-order valence-electron chi connectivity index (χ0n) is 12.0. The predicted octanol–water partition coefficient (Wildman–Crippen LogP) is 4.27. The Morgan fingerprint density at radius 2 is 1.84 bits per heavy atom. The van der Waals surface area contributed by atoms with Gasteiger partial charge in [-0.1, -0.05) is 62.9 Å². The monoisotopic (exact) mass is 262 g/mol. The van der Waals surface area contributed by atoms with Gasteiger partial charge < -0.3 is 9.84 Å². The third-order valence-corrected chi connectivity index (χ3v) is 4.18. The van der Waals surface area contributed by atoms with Gasteiger partial charge in [0, 0.05) is 12.3 Å². The molecule has 0 aliphatic heterocycles. The van der Waals surface area contributed by atoms with Gasteiger partial charge >= 0.3 is 0 Å². The Hall–Kier alpha value is -0.860. The van der Waals surface area contributed by atoms with E-state index < -0.39 is 5.79 Å². The quantitative estimate of drug-likeness (QED) is 0.776. The molecule has 1 fully saturated rings. The molecule has 1 aliphatic rings. The van der Waals surface area contributed by atoms with E-state index in [9.17, 15) is 5.11 Å². The number of rotatable bonds is 6. The highest BCUT2D eigenvalue weighted by Crippen LogP contribution is 2.36. The van der Waals surface area contributed by atoms with E-state index in [1.165, 1.54) is 19.3 Å². The van der Waals surface area contributed by atoms with Crippen LogP contribution in [0.4, 0.5) is 0 Å². The average molecular weight is 262 g/mol. The Morgan fingerprint density at radius 3 is 2.47 bits per heavy atom. The lowest BCUT2D eigenvalue weighted by Gasteiger charge is -2.38. The van der Waals surface area contributed by atoms with Crippen molar-refractivity contribution in [2.24, 2.45) is 5.92 Å². The van der Waals surface area contributed by atoms with Gasteiger partial charge in [-0.05, 0) is 18.4 Å². The Labute approximate surface area is 116 Å². The van der Waals surface area contributed by atoms with Crippen molar-refractivity contribution in [1.29, 1.82) is 0 Å². The molecule has 2 heteroatoms. The van der Waals surface area contributed by atoms with Crippen molar-refractivity contribution in [1.82, 2.24) is 0 Å². The molecule has 2 nitrogen and oxygen atoms in total. The SMILES string of the molecule is CCCC(O)(OCc1ccccc1)C1CCCCC1. The first-order chi connectivity index (χ1) is 9.24. The van der Waals surface area contributed by atoms with E-state index >= 15 is 0 Å². The molecule has 1 aromatic carbocycles. The van der Waals surface area contributed by atoms with Crippen molar-refractivity contribution in [3.05, 3.63) is 35.9 Å². The summed E-state index contributed by atoms with van der Waals surface area (Å²) in [6, 6.07) is 10.1. The van der Waals surface area contributed by atoms with Crippen molar-refractivity contribution in [2.75, 3.05) is 0 Å². The summed E-state index contributed by atoms with van der Waals surface area (Å²) in [5, 5.41) is 10.9. The predicted molar refractivity (Wildman–Crippen MR) is 77.7 cm³/mol. The fourth-order valence-electron chi connectivity index (χ4n) is 3.09.